The number of carboxylic acid groups (broad SMARTS) is 1. The smallest absolute Gasteiger partial charge is 0.307 e. The lowest BCUT2D eigenvalue weighted by Gasteiger charge is -2.36. The Balaban J connectivity index is 1.75. The average molecular weight is 399 g/mol. The largest absolute Gasteiger partial charge is 0.481 e. The molecule has 2 unspecified atom stereocenters. The van der Waals surface area contributed by atoms with Crippen LogP contribution in [-0.2, 0) is 4.79 Å². The van der Waals surface area contributed by atoms with Crippen LogP contribution in [0.25, 0.3) is 10.2 Å². The molecule has 1 fully saturated rings. The maximum Gasteiger partial charge on any atom is 0.307 e. The highest BCUT2D eigenvalue weighted by molar-refractivity contribution is 7.98. The van der Waals surface area contributed by atoms with E-state index < -0.39 is 5.97 Å². The number of rotatable bonds is 5. The van der Waals surface area contributed by atoms with Crippen molar-refractivity contribution in [3.8, 4) is 0 Å². The number of aliphatic carboxylic acids is 1. The molecule has 0 spiro atoms. The summed E-state index contributed by atoms with van der Waals surface area (Å²) in [4.78, 5) is 20.0. The molecular weight excluding hydrogens is 376 g/mol. The molecule has 0 aliphatic carbocycles. The van der Waals surface area contributed by atoms with Gasteiger partial charge in [0.2, 0.25) is 0 Å². The molecule has 1 aliphatic rings. The lowest BCUT2D eigenvalue weighted by atomic mass is 9.95. The molecule has 4 rings (SSSR count). The van der Waals surface area contributed by atoms with Crippen molar-refractivity contribution < 1.29 is 9.90 Å². The van der Waals surface area contributed by atoms with Crippen molar-refractivity contribution in [1.29, 1.82) is 0 Å². The second-order valence-electron chi connectivity index (χ2n) is 6.87. The summed E-state index contributed by atoms with van der Waals surface area (Å²) in [5.41, 5.74) is 2.19. The van der Waals surface area contributed by atoms with Gasteiger partial charge in [-0.15, -0.1) is 23.1 Å². The predicted molar refractivity (Wildman–Crippen MR) is 112 cm³/mol. The predicted octanol–water partition coefficient (Wildman–Crippen LogP) is 4.90. The Bertz CT molecular complexity index is 906. The maximum atomic E-state index is 11.6. The van der Waals surface area contributed by atoms with Crippen molar-refractivity contribution in [3.05, 3.63) is 59.1 Å². The van der Waals surface area contributed by atoms with Gasteiger partial charge in [0.15, 0.2) is 0 Å². The van der Waals surface area contributed by atoms with E-state index in [1.165, 1.54) is 15.2 Å². The van der Waals surface area contributed by atoms with Gasteiger partial charge in [0, 0.05) is 11.4 Å². The number of carboxylic acids is 1. The second kappa shape index (κ2) is 8.00. The van der Waals surface area contributed by atoms with E-state index in [-0.39, 0.29) is 12.0 Å². The van der Waals surface area contributed by atoms with E-state index in [0.717, 1.165) is 29.9 Å². The van der Waals surface area contributed by atoms with Gasteiger partial charge in [0.25, 0.3) is 0 Å². The van der Waals surface area contributed by atoms with Gasteiger partial charge in [0.05, 0.1) is 22.2 Å². The van der Waals surface area contributed by atoms with E-state index in [1.54, 1.807) is 23.1 Å². The van der Waals surface area contributed by atoms with Gasteiger partial charge < -0.3 is 5.11 Å². The summed E-state index contributed by atoms with van der Waals surface area (Å²) in [5.74, 6) is -0.999. The molecule has 1 aromatic heterocycles. The molecule has 2 aromatic carbocycles. The summed E-state index contributed by atoms with van der Waals surface area (Å²) in [5, 5.41) is 10.6. The Morgan fingerprint density at radius 1 is 1.26 bits per heavy atom. The molecule has 27 heavy (non-hydrogen) atoms. The SMILES string of the molecule is CSc1ccc(C(c2nc3ccccc3s2)N2CCCC(C(=O)O)C2)cc1. The highest BCUT2D eigenvalue weighted by Crippen LogP contribution is 2.37. The van der Waals surface area contributed by atoms with Gasteiger partial charge in [-0.3, -0.25) is 9.69 Å². The van der Waals surface area contributed by atoms with Crippen LogP contribution < -0.4 is 0 Å². The van der Waals surface area contributed by atoms with Crippen LogP contribution in [0.15, 0.2) is 53.4 Å². The number of para-hydroxylation sites is 1. The number of aromatic nitrogens is 1. The summed E-state index contributed by atoms with van der Waals surface area (Å²) < 4.78 is 1.17. The summed E-state index contributed by atoms with van der Waals surface area (Å²) in [6, 6.07) is 16.8. The molecule has 2 heterocycles. The van der Waals surface area contributed by atoms with Crippen LogP contribution in [0.1, 0.15) is 29.5 Å². The third kappa shape index (κ3) is 3.88. The Morgan fingerprint density at radius 3 is 2.74 bits per heavy atom. The lowest BCUT2D eigenvalue weighted by molar-refractivity contribution is -0.143. The first-order valence-corrected chi connectivity index (χ1v) is 11.2. The zero-order valence-corrected chi connectivity index (χ0v) is 16.8. The van der Waals surface area contributed by atoms with Crippen molar-refractivity contribution in [2.45, 2.75) is 23.8 Å². The minimum Gasteiger partial charge on any atom is -0.481 e. The monoisotopic (exact) mass is 398 g/mol. The Kier molecular flexibility index (Phi) is 5.48. The first-order valence-electron chi connectivity index (χ1n) is 9.12. The molecule has 1 N–H and O–H groups in total. The van der Waals surface area contributed by atoms with E-state index in [2.05, 4.69) is 41.5 Å². The molecule has 4 nitrogen and oxygen atoms in total. The molecular formula is C21H22N2O2S2. The zero-order chi connectivity index (χ0) is 18.8. The van der Waals surface area contributed by atoms with E-state index in [4.69, 9.17) is 4.98 Å². The van der Waals surface area contributed by atoms with Crippen molar-refractivity contribution in [1.82, 2.24) is 9.88 Å². The van der Waals surface area contributed by atoms with Gasteiger partial charge >= 0.3 is 5.97 Å². The van der Waals surface area contributed by atoms with Crippen LogP contribution in [-0.4, -0.2) is 40.3 Å². The summed E-state index contributed by atoms with van der Waals surface area (Å²) in [6.07, 6.45) is 3.73. The standard InChI is InChI=1S/C21H22N2O2S2/c1-26-16-10-8-14(9-11-16)19(23-12-4-5-15(13-23)21(24)25)20-22-17-6-2-3-7-18(17)27-20/h2-3,6-11,15,19H,4-5,12-13H2,1H3,(H,24,25). The van der Waals surface area contributed by atoms with Crippen LogP contribution >= 0.6 is 23.1 Å². The summed E-state index contributed by atoms with van der Waals surface area (Å²) >= 11 is 3.43. The summed E-state index contributed by atoms with van der Waals surface area (Å²) in [6.45, 7) is 1.47. The zero-order valence-electron chi connectivity index (χ0n) is 15.2. The topological polar surface area (TPSA) is 53.4 Å². The molecule has 1 aliphatic heterocycles. The normalized spacial score (nSPS) is 19.2. The van der Waals surface area contributed by atoms with Crippen molar-refractivity contribution in [2.75, 3.05) is 19.3 Å². The molecule has 0 bridgehead atoms. The van der Waals surface area contributed by atoms with Crippen molar-refractivity contribution in [3.63, 3.8) is 0 Å². The number of hydrogen-bond acceptors (Lipinski definition) is 5. The quantitative estimate of drug-likeness (QED) is 0.619. The number of likely N-dealkylation sites (tertiary alicyclic amines) is 1. The average Bonchev–Trinajstić information content (AvgIpc) is 3.12. The molecule has 0 radical (unpaired) electrons. The highest BCUT2D eigenvalue weighted by atomic mass is 32.2. The van der Waals surface area contributed by atoms with Crippen LogP contribution in [0, 0.1) is 5.92 Å². The van der Waals surface area contributed by atoms with Crippen LogP contribution in [0.3, 0.4) is 0 Å². The fraction of sp³-hybridized carbons (Fsp3) is 0.333. The molecule has 0 saturated carbocycles. The van der Waals surface area contributed by atoms with E-state index in [1.807, 2.05) is 18.2 Å². The van der Waals surface area contributed by atoms with E-state index >= 15 is 0 Å². The van der Waals surface area contributed by atoms with Crippen molar-refractivity contribution >= 4 is 39.3 Å². The Morgan fingerprint density at radius 2 is 2.04 bits per heavy atom. The van der Waals surface area contributed by atoms with Crippen LogP contribution in [0.4, 0.5) is 0 Å². The number of fused-ring (bicyclic) bond motifs is 1. The lowest BCUT2D eigenvalue weighted by Crippen LogP contribution is -2.41. The van der Waals surface area contributed by atoms with Gasteiger partial charge in [-0.1, -0.05) is 24.3 Å². The highest BCUT2D eigenvalue weighted by Gasteiger charge is 2.32. The Hall–Kier alpha value is -1.89. The molecule has 6 heteroatoms. The number of hydrogen-bond donors (Lipinski definition) is 1. The van der Waals surface area contributed by atoms with Gasteiger partial charge in [-0.2, -0.15) is 0 Å². The summed E-state index contributed by atoms with van der Waals surface area (Å²) in [7, 11) is 0. The molecule has 2 atom stereocenters. The molecule has 1 saturated heterocycles. The van der Waals surface area contributed by atoms with Crippen LogP contribution in [0.5, 0.6) is 0 Å². The van der Waals surface area contributed by atoms with Gasteiger partial charge in [0.1, 0.15) is 5.01 Å². The Labute approximate surface area is 167 Å². The van der Waals surface area contributed by atoms with Crippen molar-refractivity contribution in [2.24, 2.45) is 5.92 Å². The van der Waals surface area contributed by atoms with E-state index in [9.17, 15) is 9.90 Å². The number of thiazole rings is 1. The third-order valence-corrected chi connectivity index (χ3v) is 6.98. The van der Waals surface area contributed by atoms with E-state index in [0.29, 0.717) is 6.54 Å². The molecule has 3 aromatic rings. The fourth-order valence-corrected chi connectivity index (χ4v) is 5.28. The number of benzene rings is 2. The maximum absolute atomic E-state index is 11.6. The van der Waals surface area contributed by atoms with Gasteiger partial charge in [-0.25, -0.2) is 4.98 Å². The first kappa shape index (κ1) is 18.5. The second-order valence-corrected chi connectivity index (χ2v) is 8.81. The number of thioether (sulfide) groups is 1. The molecule has 0 amide bonds. The number of nitrogens with zero attached hydrogens (tertiary/aromatic N) is 2. The minimum atomic E-state index is -0.694. The third-order valence-electron chi connectivity index (χ3n) is 5.14. The number of piperidine rings is 1. The number of carbonyl (C=O) groups is 1. The molecule has 140 valence electrons. The van der Waals surface area contributed by atoms with Gasteiger partial charge in [-0.05, 0) is 55.5 Å². The fourth-order valence-electron chi connectivity index (χ4n) is 3.75. The minimum absolute atomic E-state index is 0.000422. The first-order chi connectivity index (χ1) is 13.2. The van der Waals surface area contributed by atoms with Crippen LogP contribution in [0.2, 0.25) is 0 Å².